The van der Waals surface area contributed by atoms with Crippen molar-refractivity contribution < 1.29 is 22.8 Å². The fourth-order valence-corrected chi connectivity index (χ4v) is 1.75. The van der Waals surface area contributed by atoms with Crippen molar-refractivity contribution >= 4 is 29.0 Å². The molecule has 1 amide bonds. The third-order valence-corrected chi connectivity index (χ3v) is 3.13. The second-order valence-electron chi connectivity index (χ2n) is 4.80. The molecule has 0 spiro atoms. The molecule has 1 aromatic rings. The number of alkyl halides is 3. The van der Waals surface area contributed by atoms with Crippen LogP contribution in [0, 0.1) is 23.2 Å². The zero-order valence-corrected chi connectivity index (χ0v) is 12.4. The van der Waals surface area contributed by atoms with Gasteiger partial charge in [-0.15, -0.1) is 0 Å². The number of benzene rings is 1. The zero-order chi connectivity index (χ0) is 17.1. The lowest BCUT2D eigenvalue weighted by Crippen LogP contribution is -2.31. The van der Waals surface area contributed by atoms with Crippen LogP contribution in [0.1, 0.15) is 19.4 Å². The van der Waals surface area contributed by atoms with E-state index in [9.17, 15) is 22.8 Å². The molecule has 1 rings (SSSR count). The quantitative estimate of drug-likeness (QED) is 0.855. The van der Waals surface area contributed by atoms with Crippen molar-refractivity contribution in [2.45, 2.75) is 20.0 Å². The number of halogens is 4. The molecule has 0 bridgehead atoms. The van der Waals surface area contributed by atoms with Crippen LogP contribution in [0.5, 0.6) is 0 Å². The summed E-state index contributed by atoms with van der Waals surface area (Å²) in [7, 11) is 0. The Hall–Kier alpha value is -2.07. The first-order valence-corrected chi connectivity index (χ1v) is 6.56. The number of amides is 1. The lowest BCUT2D eigenvalue weighted by molar-refractivity contribution is -0.137. The topological polar surface area (TPSA) is 70.0 Å². The van der Waals surface area contributed by atoms with Gasteiger partial charge in [-0.1, -0.05) is 25.4 Å². The number of carbonyl (C=O) groups is 2. The molecule has 1 aromatic carbocycles. The number of rotatable bonds is 4. The number of hydrogen-bond acceptors (Lipinski definition) is 3. The molecule has 0 fully saturated rings. The van der Waals surface area contributed by atoms with E-state index in [0.717, 1.165) is 12.1 Å². The number of nitrogens with zero attached hydrogens (tertiary/aromatic N) is 1. The highest BCUT2D eigenvalue weighted by molar-refractivity contribution is 6.34. The van der Waals surface area contributed by atoms with Gasteiger partial charge in [0, 0.05) is 5.92 Å². The van der Waals surface area contributed by atoms with E-state index in [1.807, 2.05) is 0 Å². The fraction of sp³-hybridized carbons (Fsp3) is 0.357. The van der Waals surface area contributed by atoms with E-state index in [1.54, 1.807) is 6.07 Å². The minimum atomic E-state index is -4.60. The van der Waals surface area contributed by atoms with Crippen molar-refractivity contribution in [3.8, 4) is 6.07 Å². The van der Waals surface area contributed by atoms with E-state index in [2.05, 4.69) is 5.32 Å². The molecule has 22 heavy (non-hydrogen) atoms. The molecule has 1 atom stereocenters. The molecule has 0 aromatic heterocycles. The molecule has 4 nitrogen and oxygen atoms in total. The highest BCUT2D eigenvalue weighted by Crippen LogP contribution is 2.34. The number of nitrogens with one attached hydrogen (secondary N) is 1. The SMILES string of the molecule is CC(C)C(=O)[C@H](C#N)C(=O)Nc1cc(C(F)(F)F)ccc1Cl. The lowest BCUT2D eigenvalue weighted by atomic mass is 9.95. The average Bonchev–Trinajstić information content (AvgIpc) is 2.40. The summed E-state index contributed by atoms with van der Waals surface area (Å²) in [4.78, 5) is 23.6. The van der Waals surface area contributed by atoms with Crippen LogP contribution >= 0.6 is 11.6 Å². The molecule has 8 heteroatoms. The van der Waals surface area contributed by atoms with Gasteiger partial charge in [0.1, 0.15) is 0 Å². The summed E-state index contributed by atoms with van der Waals surface area (Å²) in [6.07, 6.45) is -4.60. The minimum absolute atomic E-state index is 0.130. The van der Waals surface area contributed by atoms with Crippen LogP contribution in [0.4, 0.5) is 18.9 Å². The Morgan fingerprint density at radius 1 is 1.32 bits per heavy atom. The molecule has 0 aliphatic rings. The summed E-state index contributed by atoms with van der Waals surface area (Å²) < 4.78 is 37.9. The number of ketones is 1. The van der Waals surface area contributed by atoms with E-state index in [4.69, 9.17) is 16.9 Å². The molecule has 0 unspecified atom stereocenters. The predicted molar refractivity (Wildman–Crippen MR) is 74.0 cm³/mol. The molecular weight excluding hydrogens is 321 g/mol. The van der Waals surface area contributed by atoms with E-state index in [-0.39, 0.29) is 10.7 Å². The maximum absolute atomic E-state index is 12.6. The second kappa shape index (κ2) is 6.79. The Bertz CT molecular complexity index is 636. The number of anilines is 1. The van der Waals surface area contributed by atoms with Crippen molar-refractivity contribution in [1.82, 2.24) is 0 Å². The van der Waals surface area contributed by atoms with Gasteiger partial charge in [-0.3, -0.25) is 9.59 Å². The molecule has 0 aliphatic carbocycles. The van der Waals surface area contributed by atoms with Crippen molar-refractivity contribution in [3.63, 3.8) is 0 Å². The summed E-state index contributed by atoms with van der Waals surface area (Å²) >= 11 is 5.73. The van der Waals surface area contributed by atoms with Crippen molar-refractivity contribution in [2.75, 3.05) is 5.32 Å². The van der Waals surface area contributed by atoms with Gasteiger partial charge in [0.25, 0.3) is 0 Å². The Morgan fingerprint density at radius 3 is 2.36 bits per heavy atom. The first-order valence-electron chi connectivity index (χ1n) is 6.19. The first-order chi connectivity index (χ1) is 10.1. The molecule has 0 saturated carbocycles. The number of hydrogen-bond donors (Lipinski definition) is 1. The number of Topliss-reactive ketones (excluding diaryl/α,β-unsaturated/α-hetero) is 1. The van der Waals surface area contributed by atoms with Gasteiger partial charge in [-0.05, 0) is 18.2 Å². The van der Waals surface area contributed by atoms with Gasteiger partial charge in [0.05, 0.1) is 22.3 Å². The molecular formula is C14H12ClF3N2O2. The Morgan fingerprint density at radius 2 is 1.91 bits per heavy atom. The van der Waals surface area contributed by atoms with Crippen LogP contribution < -0.4 is 5.32 Å². The molecule has 0 aliphatic heterocycles. The summed E-state index contributed by atoms with van der Waals surface area (Å²) in [6.45, 7) is 3.02. The fourth-order valence-electron chi connectivity index (χ4n) is 1.59. The summed E-state index contributed by atoms with van der Waals surface area (Å²) in [5, 5.41) is 10.9. The van der Waals surface area contributed by atoms with Gasteiger partial charge < -0.3 is 5.32 Å². The highest BCUT2D eigenvalue weighted by atomic mass is 35.5. The lowest BCUT2D eigenvalue weighted by Gasteiger charge is -2.14. The minimum Gasteiger partial charge on any atom is -0.323 e. The van der Waals surface area contributed by atoms with E-state index in [0.29, 0.717) is 6.07 Å². The van der Waals surface area contributed by atoms with Crippen molar-refractivity contribution in [2.24, 2.45) is 11.8 Å². The molecule has 0 saturated heterocycles. The predicted octanol–water partition coefficient (Wildman–Crippen LogP) is 3.66. The Kier molecular flexibility index (Phi) is 5.55. The first kappa shape index (κ1) is 18.0. The van der Waals surface area contributed by atoms with Crippen molar-refractivity contribution in [1.29, 1.82) is 5.26 Å². The smallest absolute Gasteiger partial charge is 0.323 e. The molecule has 0 heterocycles. The second-order valence-corrected chi connectivity index (χ2v) is 5.21. The summed E-state index contributed by atoms with van der Waals surface area (Å²) in [5.41, 5.74) is -1.31. The van der Waals surface area contributed by atoms with E-state index >= 15 is 0 Å². The van der Waals surface area contributed by atoms with Gasteiger partial charge >= 0.3 is 6.18 Å². The zero-order valence-electron chi connectivity index (χ0n) is 11.7. The third-order valence-electron chi connectivity index (χ3n) is 2.80. The highest BCUT2D eigenvalue weighted by Gasteiger charge is 2.32. The number of nitriles is 1. The molecule has 0 radical (unpaired) electrons. The van der Waals surface area contributed by atoms with Crippen LogP contribution in [0.25, 0.3) is 0 Å². The Balaban J connectivity index is 3.06. The van der Waals surface area contributed by atoms with Crippen LogP contribution in [0.3, 0.4) is 0 Å². The Labute approximate surface area is 129 Å². The van der Waals surface area contributed by atoms with Gasteiger partial charge in [-0.25, -0.2) is 0 Å². The largest absolute Gasteiger partial charge is 0.416 e. The van der Waals surface area contributed by atoms with Gasteiger partial charge in [-0.2, -0.15) is 18.4 Å². The van der Waals surface area contributed by atoms with E-state index < -0.39 is 35.3 Å². The van der Waals surface area contributed by atoms with Crippen molar-refractivity contribution in [3.05, 3.63) is 28.8 Å². The third kappa shape index (κ3) is 4.21. The standard InChI is InChI=1S/C14H12ClF3N2O2/c1-7(2)12(21)9(6-19)13(22)20-11-5-8(14(16,17)18)3-4-10(11)15/h3-5,7,9H,1-2H3,(H,20,22)/t9-/m0/s1. The van der Waals surface area contributed by atoms with Crippen LogP contribution in [0.2, 0.25) is 5.02 Å². The van der Waals surface area contributed by atoms with Gasteiger partial charge in [0.15, 0.2) is 11.7 Å². The maximum Gasteiger partial charge on any atom is 0.416 e. The van der Waals surface area contributed by atoms with E-state index in [1.165, 1.54) is 13.8 Å². The summed E-state index contributed by atoms with van der Waals surface area (Å²) in [5.74, 6) is -3.80. The molecule has 118 valence electrons. The number of carbonyl (C=O) groups excluding carboxylic acids is 2. The maximum atomic E-state index is 12.6. The monoisotopic (exact) mass is 332 g/mol. The summed E-state index contributed by atoms with van der Waals surface area (Å²) in [6, 6.07) is 3.93. The van der Waals surface area contributed by atoms with Crippen LogP contribution in [-0.2, 0) is 15.8 Å². The van der Waals surface area contributed by atoms with Crippen LogP contribution in [0.15, 0.2) is 18.2 Å². The normalized spacial score (nSPS) is 12.6. The van der Waals surface area contributed by atoms with Crippen LogP contribution in [-0.4, -0.2) is 11.7 Å². The molecule has 1 N–H and O–H groups in total. The van der Waals surface area contributed by atoms with Gasteiger partial charge in [0.2, 0.25) is 5.91 Å². The average molecular weight is 333 g/mol.